The van der Waals surface area contributed by atoms with Crippen LogP contribution in [-0.4, -0.2) is 52.7 Å². The molecule has 1 saturated heterocycles. The van der Waals surface area contributed by atoms with Crippen molar-refractivity contribution in [2.24, 2.45) is 0 Å². The van der Waals surface area contributed by atoms with Gasteiger partial charge in [-0.25, -0.2) is 4.98 Å². The number of benzene rings is 1. The topological polar surface area (TPSA) is 79.5 Å². The Balaban J connectivity index is 1.59. The highest BCUT2D eigenvalue weighted by Crippen LogP contribution is 2.13. The van der Waals surface area contributed by atoms with E-state index >= 15 is 0 Å². The average molecular weight is 443 g/mol. The summed E-state index contributed by atoms with van der Waals surface area (Å²) in [4.78, 5) is 33.7. The first-order valence-electron chi connectivity index (χ1n) is 11.1. The van der Waals surface area contributed by atoms with Gasteiger partial charge in [-0.05, 0) is 36.3 Å². The fourth-order valence-corrected chi connectivity index (χ4v) is 3.64. The van der Waals surface area contributed by atoms with E-state index in [1.165, 1.54) is 6.08 Å². The van der Waals surface area contributed by atoms with Crippen molar-refractivity contribution in [3.8, 4) is 0 Å². The number of anilines is 1. The zero-order chi connectivity index (χ0) is 23.6. The first-order chi connectivity index (χ1) is 16.0. The monoisotopic (exact) mass is 442 g/mol. The molecule has 6 nitrogen and oxygen atoms in total. The minimum Gasteiger partial charge on any atom is -0.384 e. The van der Waals surface area contributed by atoms with Crippen LogP contribution in [-0.2, 0) is 11.3 Å². The lowest BCUT2D eigenvalue weighted by Gasteiger charge is -2.35. The number of Topliss-reactive ketones (excluding diaryl/α,β-unsaturated/α-hetero) is 1. The molecule has 33 heavy (non-hydrogen) atoms. The van der Waals surface area contributed by atoms with Crippen LogP contribution in [0.25, 0.3) is 0 Å². The Labute approximate surface area is 195 Å². The number of aromatic nitrogens is 1. The van der Waals surface area contributed by atoms with Crippen molar-refractivity contribution in [3.63, 3.8) is 0 Å². The van der Waals surface area contributed by atoms with Gasteiger partial charge in [0.1, 0.15) is 5.82 Å². The first kappa shape index (κ1) is 23.9. The van der Waals surface area contributed by atoms with Crippen LogP contribution in [0, 0.1) is 0 Å². The van der Waals surface area contributed by atoms with E-state index in [0.717, 1.165) is 31.6 Å². The van der Waals surface area contributed by atoms with Gasteiger partial charge in [0.05, 0.1) is 0 Å². The van der Waals surface area contributed by atoms with Crippen LogP contribution in [0.1, 0.15) is 29.3 Å². The Kier molecular flexibility index (Phi) is 8.53. The summed E-state index contributed by atoms with van der Waals surface area (Å²) in [5.74, 6) is 0.338. The van der Waals surface area contributed by atoms with Crippen molar-refractivity contribution in [1.82, 2.24) is 14.8 Å². The molecule has 1 amide bonds. The summed E-state index contributed by atoms with van der Waals surface area (Å²) in [5, 5.41) is 0. The molecule has 1 aliphatic heterocycles. The van der Waals surface area contributed by atoms with E-state index in [-0.39, 0.29) is 11.7 Å². The third kappa shape index (κ3) is 6.88. The van der Waals surface area contributed by atoms with Gasteiger partial charge in [-0.1, -0.05) is 49.9 Å². The summed E-state index contributed by atoms with van der Waals surface area (Å²) in [6.45, 7) is 9.48. The number of ketones is 1. The van der Waals surface area contributed by atoms with Crippen molar-refractivity contribution in [2.75, 3.05) is 31.9 Å². The highest BCUT2D eigenvalue weighted by Gasteiger charge is 2.22. The van der Waals surface area contributed by atoms with Crippen molar-refractivity contribution >= 4 is 17.5 Å². The normalized spacial score (nSPS) is 14.3. The Morgan fingerprint density at radius 2 is 1.85 bits per heavy atom. The molecule has 0 spiro atoms. The van der Waals surface area contributed by atoms with E-state index < -0.39 is 0 Å². The van der Waals surface area contributed by atoms with Crippen molar-refractivity contribution < 1.29 is 9.59 Å². The molecular formula is C27H30N4O2. The molecule has 1 fully saturated rings. The molecule has 2 aromatic rings. The van der Waals surface area contributed by atoms with E-state index in [2.05, 4.69) is 22.2 Å². The molecule has 2 N–H and O–H groups in total. The van der Waals surface area contributed by atoms with Gasteiger partial charge in [-0.3, -0.25) is 14.5 Å². The molecule has 0 bridgehead atoms. The van der Waals surface area contributed by atoms with Gasteiger partial charge in [0.2, 0.25) is 0 Å². The van der Waals surface area contributed by atoms with Crippen molar-refractivity contribution in [3.05, 3.63) is 101 Å². The van der Waals surface area contributed by atoms with Gasteiger partial charge < -0.3 is 10.6 Å². The number of piperazine rings is 1. The second-order valence-corrected chi connectivity index (χ2v) is 7.90. The number of allylic oxidation sites excluding steroid dienone is 2. The minimum absolute atomic E-state index is 0.0226. The van der Waals surface area contributed by atoms with Gasteiger partial charge in [0.15, 0.2) is 5.78 Å². The Bertz CT molecular complexity index is 1090. The van der Waals surface area contributed by atoms with E-state index in [1.807, 2.05) is 48.2 Å². The minimum atomic E-state index is -0.157. The maximum Gasteiger partial charge on any atom is 0.254 e. The smallest absolute Gasteiger partial charge is 0.254 e. The molecule has 0 unspecified atom stereocenters. The molecule has 2 heterocycles. The van der Waals surface area contributed by atoms with E-state index in [9.17, 15) is 9.59 Å². The molecule has 0 radical (unpaired) electrons. The molecule has 0 saturated carbocycles. The van der Waals surface area contributed by atoms with Crippen LogP contribution < -0.4 is 5.73 Å². The summed E-state index contributed by atoms with van der Waals surface area (Å²) in [6, 6.07) is 12.8. The zero-order valence-corrected chi connectivity index (χ0v) is 19.0. The molecule has 3 rings (SSSR count). The van der Waals surface area contributed by atoms with Crippen LogP contribution in [0.2, 0.25) is 0 Å². The predicted octanol–water partition coefficient (Wildman–Crippen LogP) is 3.79. The summed E-state index contributed by atoms with van der Waals surface area (Å²) < 4.78 is 0. The molecular weight excluding hydrogens is 412 g/mol. The lowest BCUT2D eigenvalue weighted by Crippen LogP contribution is -2.48. The lowest BCUT2D eigenvalue weighted by atomic mass is 10.0. The number of rotatable bonds is 8. The van der Waals surface area contributed by atoms with E-state index in [4.69, 9.17) is 5.73 Å². The number of nitrogen functional groups attached to an aromatic ring is 1. The number of amides is 1. The van der Waals surface area contributed by atoms with Crippen LogP contribution in [0.5, 0.6) is 0 Å². The van der Waals surface area contributed by atoms with Gasteiger partial charge in [-0.2, -0.15) is 0 Å². The van der Waals surface area contributed by atoms with Crippen LogP contribution in [0.15, 0.2) is 90.3 Å². The first-order valence-corrected chi connectivity index (χ1v) is 11.1. The molecule has 0 atom stereocenters. The van der Waals surface area contributed by atoms with Crippen LogP contribution in [0.4, 0.5) is 5.82 Å². The maximum atomic E-state index is 13.1. The summed E-state index contributed by atoms with van der Waals surface area (Å²) in [7, 11) is 0. The molecule has 0 aliphatic carbocycles. The molecule has 1 aromatic heterocycles. The molecule has 1 aromatic carbocycles. The largest absolute Gasteiger partial charge is 0.384 e. The molecule has 170 valence electrons. The summed E-state index contributed by atoms with van der Waals surface area (Å²) >= 11 is 0. The van der Waals surface area contributed by atoms with Gasteiger partial charge >= 0.3 is 0 Å². The number of nitrogens with two attached hydrogens (primary N) is 1. The van der Waals surface area contributed by atoms with E-state index in [0.29, 0.717) is 35.6 Å². The molecule has 6 heteroatoms. The van der Waals surface area contributed by atoms with Crippen molar-refractivity contribution in [2.45, 2.75) is 19.9 Å². The number of nitrogens with zero attached hydrogens (tertiary/aromatic N) is 3. The second-order valence-electron chi connectivity index (χ2n) is 7.90. The maximum absolute atomic E-state index is 13.1. The molecule has 1 aliphatic rings. The summed E-state index contributed by atoms with van der Waals surface area (Å²) in [5.41, 5.74) is 11.3. The Hall–Kier alpha value is -3.73. The Morgan fingerprint density at radius 3 is 2.52 bits per heavy atom. The second kappa shape index (κ2) is 11.8. The predicted molar refractivity (Wildman–Crippen MR) is 131 cm³/mol. The highest BCUT2D eigenvalue weighted by atomic mass is 16.2. The van der Waals surface area contributed by atoms with E-state index in [1.54, 1.807) is 24.4 Å². The Morgan fingerprint density at radius 1 is 1.12 bits per heavy atom. The summed E-state index contributed by atoms with van der Waals surface area (Å²) in [6.07, 6.45) is 7.50. The number of hydrogen-bond donors (Lipinski definition) is 1. The fraction of sp³-hybridized carbons (Fsp3) is 0.259. The lowest BCUT2D eigenvalue weighted by molar-refractivity contribution is -0.128. The highest BCUT2D eigenvalue weighted by molar-refractivity contribution is 6.10. The number of carbonyl (C=O) groups is 2. The third-order valence-electron chi connectivity index (χ3n) is 5.41. The van der Waals surface area contributed by atoms with Crippen molar-refractivity contribution in [1.29, 1.82) is 0 Å². The van der Waals surface area contributed by atoms with Gasteiger partial charge in [0, 0.05) is 55.6 Å². The third-order valence-corrected chi connectivity index (χ3v) is 5.41. The fourth-order valence-electron chi connectivity index (χ4n) is 3.64. The number of hydrogen-bond acceptors (Lipinski definition) is 5. The average Bonchev–Trinajstić information content (AvgIpc) is 2.83. The number of pyridine rings is 1. The van der Waals surface area contributed by atoms with Gasteiger partial charge in [0.25, 0.3) is 5.91 Å². The number of carbonyl (C=O) groups excluding carboxylic acids is 2. The van der Waals surface area contributed by atoms with Gasteiger partial charge in [-0.15, -0.1) is 5.73 Å². The SMILES string of the molecule is C=C(C=C=C/C(=C\CC)C(=O)N1CCN(Cc2ccnc(N)c2)CC1)C(=O)c1ccccc1. The standard InChI is InChI=1S/C27H30N4O2/c1-3-8-24(12-7-9-21(2)26(32)23-10-5-4-6-11-23)27(33)31-17-15-30(16-18-31)20-22-13-14-29-25(28)19-22/h4-6,8-14,19H,2-3,15-18,20H2,1H3,(H2,28,29)/b24-8+. The van der Waals surface area contributed by atoms with Crippen LogP contribution >= 0.6 is 0 Å². The quantitative estimate of drug-likeness (QED) is 0.291. The zero-order valence-electron chi connectivity index (χ0n) is 19.0. The van der Waals surface area contributed by atoms with Crippen LogP contribution in [0.3, 0.4) is 0 Å².